The van der Waals surface area contributed by atoms with Crippen LogP contribution in [0.3, 0.4) is 0 Å². The fourth-order valence-corrected chi connectivity index (χ4v) is 2.77. The molecule has 8 heteroatoms. The molecule has 0 saturated carbocycles. The molecule has 0 spiro atoms. The van der Waals surface area contributed by atoms with Crippen LogP contribution in [0.25, 0.3) is 0 Å². The van der Waals surface area contributed by atoms with Gasteiger partial charge in [0.25, 0.3) is 0 Å². The van der Waals surface area contributed by atoms with Crippen molar-refractivity contribution >= 4 is 23.2 Å². The number of primary amides is 1. The number of halogens is 4. The highest BCUT2D eigenvalue weighted by Crippen LogP contribution is 2.35. The molecule has 0 radical (unpaired) electrons. The summed E-state index contributed by atoms with van der Waals surface area (Å²) in [7, 11) is 0. The van der Waals surface area contributed by atoms with Crippen molar-refractivity contribution in [3.63, 3.8) is 0 Å². The molecule has 1 atom stereocenters. The van der Waals surface area contributed by atoms with E-state index in [2.05, 4.69) is 0 Å². The van der Waals surface area contributed by atoms with E-state index in [0.29, 0.717) is 31.9 Å². The van der Waals surface area contributed by atoms with Gasteiger partial charge in [0.1, 0.15) is 0 Å². The highest BCUT2D eigenvalue weighted by atomic mass is 35.5. The lowest BCUT2D eigenvalue weighted by molar-refractivity contribution is -0.137. The topological polar surface area (TPSA) is 49.6 Å². The zero-order chi connectivity index (χ0) is 16.5. The fourth-order valence-electron chi connectivity index (χ4n) is 2.47. The fraction of sp³-hybridized carbons (Fsp3) is 0.500. The Kier molecular flexibility index (Phi) is 4.87. The van der Waals surface area contributed by atoms with Crippen molar-refractivity contribution in [3.05, 3.63) is 28.8 Å². The van der Waals surface area contributed by atoms with E-state index < -0.39 is 11.7 Å². The van der Waals surface area contributed by atoms with E-state index in [-0.39, 0.29) is 17.0 Å². The largest absolute Gasteiger partial charge is 0.416 e. The Hall–Kier alpha value is -1.47. The predicted octanol–water partition coefficient (Wildman–Crippen LogP) is 2.35. The van der Waals surface area contributed by atoms with E-state index in [4.69, 9.17) is 17.3 Å². The number of benzene rings is 1. The molecule has 2 N–H and O–H groups in total. The SMILES string of the molecule is CC(C(N)=O)N1CCN(c2ccc(C(F)(F)F)cc2Cl)CC1. The Bertz CT molecular complexity index is 557. The summed E-state index contributed by atoms with van der Waals surface area (Å²) in [5.41, 5.74) is 5.08. The van der Waals surface area contributed by atoms with Gasteiger partial charge >= 0.3 is 6.18 Å². The second-order valence-electron chi connectivity index (χ2n) is 5.27. The zero-order valence-corrected chi connectivity index (χ0v) is 12.8. The number of alkyl halides is 3. The van der Waals surface area contributed by atoms with Crippen LogP contribution < -0.4 is 10.6 Å². The standard InChI is InChI=1S/C14H17ClF3N3O/c1-9(13(19)22)20-4-6-21(7-5-20)12-3-2-10(8-11(12)15)14(16,17)18/h2-3,8-9H,4-7H2,1H3,(H2,19,22). The molecule has 1 amide bonds. The maximum atomic E-state index is 12.6. The van der Waals surface area contributed by atoms with E-state index in [1.165, 1.54) is 6.07 Å². The van der Waals surface area contributed by atoms with Crippen LogP contribution in [0.1, 0.15) is 12.5 Å². The van der Waals surface area contributed by atoms with Gasteiger partial charge in [-0.15, -0.1) is 0 Å². The molecule has 1 aromatic carbocycles. The first-order valence-electron chi connectivity index (χ1n) is 6.85. The number of piperazine rings is 1. The number of carbonyl (C=O) groups is 1. The molecule has 0 bridgehead atoms. The Morgan fingerprint density at radius 2 is 1.86 bits per heavy atom. The zero-order valence-electron chi connectivity index (χ0n) is 12.0. The predicted molar refractivity (Wildman–Crippen MR) is 78.9 cm³/mol. The van der Waals surface area contributed by atoms with Crippen LogP contribution >= 0.6 is 11.6 Å². The van der Waals surface area contributed by atoms with Crippen molar-refractivity contribution in [2.24, 2.45) is 5.73 Å². The number of hydrogen-bond acceptors (Lipinski definition) is 3. The van der Waals surface area contributed by atoms with E-state index in [1.807, 2.05) is 9.80 Å². The molecule has 1 unspecified atom stereocenters. The number of carbonyl (C=O) groups excluding carboxylic acids is 1. The monoisotopic (exact) mass is 335 g/mol. The quantitative estimate of drug-likeness (QED) is 0.922. The summed E-state index contributed by atoms with van der Waals surface area (Å²) in [6, 6.07) is 3.00. The summed E-state index contributed by atoms with van der Waals surface area (Å²) in [5.74, 6) is -0.388. The minimum atomic E-state index is -4.40. The number of anilines is 1. The van der Waals surface area contributed by atoms with E-state index in [1.54, 1.807) is 6.92 Å². The number of nitrogens with zero attached hydrogens (tertiary/aromatic N) is 2. The second-order valence-corrected chi connectivity index (χ2v) is 5.67. The minimum absolute atomic E-state index is 0.0752. The molecule has 2 rings (SSSR count). The highest BCUT2D eigenvalue weighted by molar-refractivity contribution is 6.33. The van der Waals surface area contributed by atoms with Crippen molar-refractivity contribution in [1.29, 1.82) is 0 Å². The maximum absolute atomic E-state index is 12.6. The van der Waals surface area contributed by atoms with Gasteiger partial charge in [-0.05, 0) is 25.1 Å². The molecule has 122 valence electrons. The summed E-state index contributed by atoms with van der Waals surface area (Å²) in [4.78, 5) is 15.0. The molecule has 22 heavy (non-hydrogen) atoms. The Balaban J connectivity index is 2.07. The summed E-state index contributed by atoms with van der Waals surface area (Å²) >= 11 is 5.99. The van der Waals surface area contributed by atoms with Gasteiger partial charge in [-0.1, -0.05) is 11.6 Å². The molecule has 4 nitrogen and oxygen atoms in total. The first kappa shape index (κ1) is 16.9. The molecule has 1 heterocycles. The number of nitrogens with two attached hydrogens (primary N) is 1. The van der Waals surface area contributed by atoms with Crippen molar-refractivity contribution in [1.82, 2.24) is 4.90 Å². The molecule has 1 saturated heterocycles. The lowest BCUT2D eigenvalue weighted by Gasteiger charge is -2.38. The number of hydrogen-bond donors (Lipinski definition) is 1. The van der Waals surface area contributed by atoms with Crippen molar-refractivity contribution in [2.45, 2.75) is 19.1 Å². The first-order chi connectivity index (χ1) is 10.2. The average molecular weight is 336 g/mol. The minimum Gasteiger partial charge on any atom is -0.368 e. The average Bonchev–Trinajstić information content (AvgIpc) is 2.45. The van der Waals surface area contributed by atoms with Crippen LogP contribution in [-0.2, 0) is 11.0 Å². The maximum Gasteiger partial charge on any atom is 0.416 e. The van der Waals surface area contributed by atoms with Crippen LogP contribution in [0, 0.1) is 0 Å². The van der Waals surface area contributed by atoms with E-state index in [0.717, 1.165) is 12.1 Å². The van der Waals surface area contributed by atoms with Crippen LogP contribution in [0.5, 0.6) is 0 Å². The molecule has 0 aliphatic carbocycles. The van der Waals surface area contributed by atoms with Gasteiger partial charge in [0, 0.05) is 26.2 Å². The third-order valence-corrected chi connectivity index (χ3v) is 4.19. The molecular weight excluding hydrogens is 319 g/mol. The summed E-state index contributed by atoms with van der Waals surface area (Å²) in [6.07, 6.45) is -4.40. The van der Waals surface area contributed by atoms with Gasteiger partial charge < -0.3 is 10.6 Å². The van der Waals surface area contributed by atoms with Crippen LogP contribution in [-0.4, -0.2) is 43.0 Å². The van der Waals surface area contributed by atoms with Gasteiger partial charge in [-0.3, -0.25) is 9.69 Å². The third-order valence-electron chi connectivity index (χ3n) is 3.89. The van der Waals surface area contributed by atoms with Gasteiger partial charge in [0.15, 0.2) is 0 Å². The number of rotatable bonds is 3. The summed E-state index contributed by atoms with van der Waals surface area (Å²) < 4.78 is 37.9. The summed E-state index contributed by atoms with van der Waals surface area (Å²) in [6.45, 7) is 4.08. The van der Waals surface area contributed by atoms with Gasteiger partial charge in [0.2, 0.25) is 5.91 Å². The van der Waals surface area contributed by atoms with Crippen LogP contribution in [0.15, 0.2) is 18.2 Å². The van der Waals surface area contributed by atoms with Crippen LogP contribution in [0.2, 0.25) is 5.02 Å². The Morgan fingerprint density at radius 3 is 2.32 bits per heavy atom. The van der Waals surface area contributed by atoms with E-state index >= 15 is 0 Å². The van der Waals surface area contributed by atoms with E-state index in [9.17, 15) is 18.0 Å². The third kappa shape index (κ3) is 3.64. The second kappa shape index (κ2) is 6.34. The summed E-state index contributed by atoms with van der Waals surface area (Å²) in [5, 5.41) is 0.0752. The molecular formula is C14H17ClF3N3O. The number of amides is 1. The molecule has 1 aliphatic heterocycles. The molecule has 1 fully saturated rings. The highest BCUT2D eigenvalue weighted by Gasteiger charge is 2.32. The molecule has 1 aromatic rings. The van der Waals surface area contributed by atoms with Crippen LogP contribution in [0.4, 0.5) is 18.9 Å². The molecule has 0 aromatic heterocycles. The lowest BCUT2D eigenvalue weighted by atomic mass is 10.1. The van der Waals surface area contributed by atoms with Crippen molar-refractivity contribution in [3.8, 4) is 0 Å². The van der Waals surface area contributed by atoms with Crippen molar-refractivity contribution < 1.29 is 18.0 Å². The van der Waals surface area contributed by atoms with Crippen molar-refractivity contribution in [2.75, 3.05) is 31.1 Å². The smallest absolute Gasteiger partial charge is 0.368 e. The lowest BCUT2D eigenvalue weighted by Crippen LogP contribution is -2.53. The Morgan fingerprint density at radius 1 is 1.27 bits per heavy atom. The normalized spacial score (nSPS) is 18.3. The van der Waals surface area contributed by atoms with Gasteiger partial charge in [0.05, 0.1) is 22.3 Å². The molecule has 1 aliphatic rings. The van der Waals surface area contributed by atoms with Gasteiger partial charge in [-0.25, -0.2) is 0 Å². The van der Waals surface area contributed by atoms with Gasteiger partial charge in [-0.2, -0.15) is 13.2 Å². The first-order valence-corrected chi connectivity index (χ1v) is 7.23. The Labute approximate surface area is 131 Å².